The SMILES string of the molecule is CC(C)N(C(=O)c1cc(F)ccc1Oc1nncnc1N1CC2(CCN(CC3CCN(S(=O)(=O)N4CCCNCC4)CC3)CC2)C1)C(C)C.Cl. The largest absolute Gasteiger partial charge is 0.434 e. The van der Waals surface area contributed by atoms with Crippen molar-refractivity contribution in [2.24, 2.45) is 11.3 Å². The van der Waals surface area contributed by atoms with Gasteiger partial charge < -0.3 is 24.8 Å². The summed E-state index contributed by atoms with van der Waals surface area (Å²) in [6.45, 7) is 16.3. The summed E-state index contributed by atoms with van der Waals surface area (Å²) in [4.78, 5) is 24.4. The lowest BCUT2D eigenvalue weighted by molar-refractivity contribution is 0.0606. The van der Waals surface area contributed by atoms with Gasteiger partial charge in [0.2, 0.25) is 0 Å². The van der Waals surface area contributed by atoms with Crippen molar-refractivity contribution in [3.05, 3.63) is 35.9 Å². The lowest BCUT2D eigenvalue weighted by Gasteiger charge is -2.54. The number of carbonyl (C=O) groups is 1. The molecule has 0 aliphatic carbocycles. The maximum absolute atomic E-state index is 14.4. The average molecular weight is 738 g/mol. The van der Waals surface area contributed by atoms with Crippen LogP contribution in [0.5, 0.6) is 11.6 Å². The molecule has 1 aromatic carbocycles. The fourth-order valence-corrected chi connectivity index (χ4v) is 9.63. The number of rotatable bonds is 10. The first-order valence-corrected chi connectivity index (χ1v) is 19.3. The number of likely N-dealkylation sites (tertiary alicyclic amines) is 1. The van der Waals surface area contributed by atoms with Crippen molar-refractivity contribution in [1.29, 1.82) is 0 Å². The van der Waals surface area contributed by atoms with E-state index in [0.29, 0.717) is 44.5 Å². The van der Waals surface area contributed by atoms with E-state index in [9.17, 15) is 17.6 Å². The second-order valence-corrected chi connectivity index (χ2v) is 16.7. The Morgan fingerprint density at radius 3 is 2.38 bits per heavy atom. The Hall–Kier alpha value is -2.69. The molecule has 0 unspecified atom stereocenters. The van der Waals surface area contributed by atoms with Gasteiger partial charge in [-0.1, -0.05) is 0 Å². The highest BCUT2D eigenvalue weighted by molar-refractivity contribution is 7.86. The zero-order valence-corrected chi connectivity index (χ0v) is 31.4. The van der Waals surface area contributed by atoms with E-state index in [1.165, 1.54) is 24.5 Å². The number of halogens is 2. The Kier molecular flexibility index (Phi) is 12.6. The van der Waals surface area contributed by atoms with Crippen molar-refractivity contribution in [1.82, 2.24) is 38.9 Å². The summed E-state index contributed by atoms with van der Waals surface area (Å²) >= 11 is 0. The third kappa shape index (κ3) is 8.50. The van der Waals surface area contributed by atoms with Gasteiger partial charge in [-0.3, -0.25) is 4.79 Å². The van der Waals surface area contributed by atoms with Gasteiger partial charge in [-0.2, -0.15) is 17.0 Å². The monoisotopic (exact) mass is 737 g/mol. The minimum Gasteiger partial charge on any atom is -0.434 e. The molecular weight excluding hydrogens is 685 g/mol. The molecule has 0 bridgehead atoms. The summed E-state index contributed by atoms with van der Waals surface area (Å²) in [6, 6.07) is 3.79. The van der Waals surface area contributed by atoms with E-state index in [0.717, 1.165) is 71.4 Å². The van der Waals surface area contributed by atoms with Gasteiger partial charge in [0.05, 0.1) is 5.56 Å². The lowest BCUT2D eigenvalue weighted by Crippen LogP contribution is -2.61. The first kappa shape index (κ1) is 38.5. The van der Waals surface area contributed by atoms with Gasteiger partial charge in [-0.25, -0.2) is 9.37 Å². The van der Waals surface area contributed by atoms with Gasteiger partial charge >= 0.3 is 0 Å². The molecule has 2 aromatic rings. The van der Waals surface area contributed by atoms with Crippen LogP contribution in [0.15, 0.2) is 24.5 Å². The maximum Gasteiger partial charge on any atom is 0.282 e. The first-order chi connectivity index (χ1) is 23.5. The number of ether oxygens (including phenoxy) is 1. The molecule has 4 fully saturated rings. The van der Waals surface area contributed by atoms with Crippen LogP contribution in [0.1, 0.15) is 70.2 Å². The van der Waals surface area contributed by atoms with Crippen LogP contribution in [0.4, 0.5) is 10.2 Å². The van der Waals surface area contributed by atoms with Crippen LogP contribution in [0.3, 0.4) is 0 Å². The van der Waals surface area contributed by atoms with Crippen LogP contribution < -0.4 is 15.0 Å². The van der Waals surface area contributed by atoms with E-state index >= 15 is 0 Å². The van der Waals surface area contributed by atoms with Gasteiger partial charge in [0.25, 0.3) is 22.0 Å². The van der Waals surface area contributed by atoms with Crippen molar-refractivity contribution in [3.8, 4) is 11.6 Å². The highest BCUT2D eigenvalue weighted by atomic mass is 35.5. The number of amides is 1. The molecule has 1 N–H and O–H groups in total. The van der Waals surface area contributed by atoms with Gasteiger partial charge in [-0.05, 0) is 104 Å². The van der Waals surface area contributed by atoms with Crippen LogP contribution >= 0.6 is 12.4 Å². The van der Waals surface area contributed by atoms with Crippen LogP contribution in [-0.4, -0.2) is 132 Å². The second kappa shape index (κ2) is 16.3. The number of nitrogens with one attached hydrogen (secondary N) is 1. The van der Waals surface area contributed by atoms with Crippen molar-refractivity contribution in [3.63, 3.8) is 0 Å². The third-order valence-electron chi connectivity index (χ3n) is 10.6. The number of carbonyl (C=O) groups excluding carboxylic acids is 1. The van der Waals surface area contributed by atoms with E-state index in [1.807, 2.05) is 27.7 Å². The average Bonchev–Trinajstić information content (AvgIpc) is 3.36. The summed E-state index contributed by atoms with van der Waals surface area (Å²) in [5.41, 5.74) is 0.318. The van der Waals surface area contributed by atoms with Gasteiger partial charge in [0, 0.05) is 69.9 Å². The molecule has 5 heterocycles. The zero-order chi connectivity index (χ0) is 34.8. The molecule has 4 saturated heterocycles. The molecule has 0 saturated carbocycles. The summed E-state index contributed by atoms with van der Waals surface area (Å²) in [6.07, 6.45) is 6.20. The second-order valence-electron chi connectivity index (χ2n) is 14.7. The third-order valence-corrected chi connectivity index (χ3v) is 12.6. The number of nitrogens with zero attached hydrogens (tertiary/aromatic N) is 8. The number of hydrogen-bond acceptors (Lipinski definition) is 10. The molecule has 50 heavy (non-hydrogen) atoms. The quantitative estimate of drug-likeness (QED) is 0.386. The minimum absolute atomic E-state index is 0. The molecular formula is C34H53ClFN9O4S. The van der Waals surface area contributed by atoms with Crippen LogP contribution in [0.25, 0.3) is 0 Å². The fraction of sp³-hybridized carbons (Fsp3) is 0.706. The van der Waals surface area contributed by atoms with Crippen molar-refractivity contribution in [2.45, 2.75) is 71.9 Å². The summed E-state index contributed by atoms with van der Waals surface area (Å²) in [7, 11) is -3.39. The standard InChI is InChI=1S/C34H52FN9O4S.ClH/c1-25(2)44(26(3)4)33(45)29-20-28(35)6-7-30(29)48-32-31(37-24-38-39-32)41-22-34(23-41)10-17-40(18-11-34)21-27-8-15-43(16-9-27)49(46,47)42-14-5-12-36-13-19-42;/h6-7,20,24-27,36H,5,8-19,21-23H2,1-4H3;1H. The molecule has 4 aliphatic heterocycles. The van der Waals surface area contributed by atoms with Crippen LogP contribution in [0, 0.1) is 17.2 Å². The Bertz CT molecular complexity index is 1550. The van der Waals surface area contributed by atoms with E-state index in [4.69, 9.17) is 4.74 Å². The van der Waals surface area contributed by atoms with E-state index in [-0.39, 0.29) is 53.0 Å². The van der Waals surface area contributed by atoms with Gasteiger partial charge in [-0.15, -0.1) is 22.6 Å². The highest BCUT2D eigenvalue weighted by Crippen LogP contribution is 2.44. The molecule has 1 spiro atoms. The van der Waals surface area contributed by atoms with E-state index < -0.39 is 16.0 Å². The topological polar surface area (TPSA) is 127 Å². The molecule has 278 valence electrons. The van der Waals surface area contributed by atoms with Crippen LogP contribution in [0.2, 0.25) is 0 Å². The summed E-state index contributed by atoms with van der Waals surface area (Å²) < 4.78 is 50.4. The Morgan fingerprint density at radius 1 is 1.02 bits per heavy atom. The zero-order valence-electron chi connectivity index (χ0n) is 29.8. The lowest BCUT2D eigenvalue weighted by atomic mass is 9.72. The Labute approximate surface area is 302 Å². The molecule has 16 heteroatoms. The van der Waals surface area contributed by atoms with Crippen LogP contribution in [-0.2, 0) is 10.2 Å². The van der Waals surface area contributed by atoms with Crippen molar-refractivity contribution >= 4 is 34.3 Å². The van der Waals surface area contributed by atoms with Gasteiger partial charge in [0.15, 0.2) is 5.82 Å². The molecule has 1 aromatic heterocycles. The Balaban J connectivity index is 0.00000486. The number of aromatic nitrogens is 3. The molecule has 6 rings (SSSR count). The molecule has 13 nitrogen and oxygen atoms in total. The molecule has 4 aliphatic rings. The first-order valence-electron chi connectivity index (χ1n) is 17.9. The smallest absolute Gasteiger partial charge is 0.282 e. The minimum atomic E-state index is -3.39. The number of piperidine rings is 2. The highest BCUT2D eigenvalue weighted by Gasteiger charge is 2.47. The molecule has 0 radical (unpaired) electrons. The van der Waals surface area contributed by atoms with E-state index in [1.54, 1.807) is 13.5 Å². The Morgan fingerprint density at radius 2 is 1.70 bits per heavy atom. The van der Waals surface area contributed by atoms with Gasteiger partial charge in [0.1, 0.15) is 17.9 Å². The summed E-state index contributed by atoms with van der Waals surface area (Å²) in [5, 5.41) is 11.5. The maximum atomic E-state index is 14.4. The molecule has 1 amide bonds. The van der Waals surface area contributed by atoms with E-state index in [2.05, 4.69) is 30.3 Å². The summed E-state index contributed by atoms with van der Waals surface area (Å²) in [5.74, 6) is 0.648. The predicted octanol–water partition coefficient (Wildman–Crippen LogP) is 3.64. The predicted molar refractivity (Wildman–Crippen MR) is 193 cm³/mol. The number of hydrogen-bond donors (Lipinski definition) is 1. The normalized spacial score (nSPS) is 21.1. The number of benzene rings is 1. The van der Waals surface area contributed by atoms with Crippen molar-refractivity contribution in [2.75, 3.05) is 76.9 Å². The van der Waals surface area contributed by atoms with Crippen molar-refractivity contribution < 1.29 is 22.3 Å². The fourth-order valence-electron chi connectivity index (χ4n) is 7.95. The number of anilines is 1. The molecule has 0 atom stereocenters.